The van der Waals surface area contributed by atoms with Gasteiger partial charge in [0.2, 0.25) is 0 Å². The van der Waals surface area contributed by atoms with Crippen LogP contribution in [0, 0.1) is 0 Å². The molecule has 0 radical (unpaired) electrons. The summed E-state index contributed by atoms with van der Waals surface area (Å²) in [4.78, 5) is 31.5. The lowest BCUT2D eigenvalue weighted by Crippen LogP contribution is -2.17. The van der Waals surface area contributed by atoms with Gasteiger partial charge in [-0.3, -0.25) is 9.59 Å². The lowest BCUT2D eigenvalue weighted by Gasteiger charge is -2.13. The molecule has 0 saturated heterocycles. The molecule has 2 aromatic carbocycles. The van der Waals surface area contributed by atoms with Crippen molar-refractivity contribution >= 4 is 16.9 Å². The van der Waals surface area contributed by atoms with Gasteiger partial charge in [-0.15, -0.1) is 0 Å². The highest BCUT2D eigenvalue weighted by Gasteiger charge is 2.16. The molecule has 0 amide bonds. The third kappa shape index (κ3) is 4.49. The highest BCUT2D eigenvalue weighted by molar-refractivity contribution is 5.77. The summed E-state index contributed by atoms with van der Waals surface area (Å²) in [6.45, 7) is 1.68. The minimum absolute atomic E-state index is 0.179. The molecule has 7 heteroatoms. The van der Waals surface area contributed by atoms with Crippen molar-refractivity contribution in [2.75, 3.05) is 14.2 Å². The number of aryl methyl sites for hydroxylation is 1. The van der Waals surface area contributed by atoms with Crippen molar-refractivity contribution in [2.45, 2.75) is 25.9 Å². The number of benzene rings is 2. The maximum absolute atomic E-state index is 12.3. The fourth-order valence-corrected chi connectivity index (χ4v) is 2.87. The number of aromatic amines is 1. The van der Waals surface area contributed by atoms with Crippen LogP contribution in [0.4, 0.5) is 0 Å². The third-order valence-electron chi connectivity index (χ3n) is 4.35. The minimum atomic E-state index is -0.662. The van der Waals surface area contributed by atoms with E-state index in [0.717, 1.165) is 5.56 Å². The van der Waals surface area contributed by atoms with E-state index >= 15 is 0 Å². The molecule has 0 bridgehead atoms. The molecule has 3 rings (SSSR count). The number of nitrogens with zero attached hydrogens (tertiary/aromatic N) is 1. The van der Waals surface area contributed by atoms with Crippen LogP contribution in [0.1, 0.15) is 30.8 Å². The summed E-state index contributed by atoms with van der Waals surface area (Å²) < 4.78 is 15.9. The zero-order valence-electron chi connectivity index (χ0n) is 16.0. The average molecular weight is 382 g/mol. The monoisotopic (exact) mass is 382 g/mol. The molecule has 3 aromatic rings. The number of nitrogens with one attached hydrogen (secondary N) is 1. The molecule has 28 heavy (non-hydrogen) atoms. The molecule has 0 fully saturated rings. The second kappa shape index (κ2) is 8.56. The van der Waals surface area contributed by atoms with Gasteiger partial charge in [0.1, 0.15) is 11.5 Å². The molecule has 146 valence electrons. The number of hydrogen-bond donors (Lipinski definition) is 1. The highest BCUT2D eigenvalue weighted by atomic mass is 16.5. The molecule has 1 heterocycles. The Balaban J connectivity index is 1.66. The number of para-hydroxylation sites is 1. The Labute approximate surface area is 162 Å². The van der Waals surface area contributed by atoms with Gasteiger partial charge in [0.05, 0.1) is 25.1 Å². The van der Waals surface area contributed by atoms with Crippen molar-refractivity contribution in [3.63, 3.8) is 0 Å². The summed E-state index contributed by atoms with van der Waals surface area (Å²) >= 11 is 0. The van der Waals surface area contributed by atoms with Gasteiger partial charge >= 0.3 is 5.97 Å². The molecule has 0 saturated carbocycles. The van der Waals surface area contributed by atoms with Crippen molar-refractivity contribution in [1.29, 1.82) is 0 Å². The molecule has 1 N–H and O–H groups in total. The van der Waals surface area contributed by atoms with Gasteiger partial charge in [-0.2, -0.15) is 0 Å². The molecule has 0 aliphatic heterocycles. The zero-order valence-corrected chi connectivity index (χ0v) is 16.0. The summed E-state index contributed by atoms with van der Waals surface area (Å²) in [5.74, 6) is 1.26. The highest BCUT2D eigenvalue weighted by Crippen LogP contribution is 2.23. The first kappa shape index (κ1) is 19.4. The summed E-state index contributed by atoms with van der Waals surface area (Å²) in [5, 5.41) is 0.497. The van der Waals surface area contributed by atoms with Crippen LogP contribution in [0.25, 0.3) is 10.9 Å². The smallest absolute Gasteiger partial charge is 0.306 e. The van der Waals surface area contributed by atoms with Crippen LogP contribution in [0.15, 0.2) is 47.3 Å². The van der Waals surface area contributed by atoms with Gasteiger partial charge < -0.3 is 19.2 Å². The summed E-state index contributed by atoms with van der Waals surface area (Å²) in [6.07, 6.45) is -0.0103. The van der Waals surface area contributed by atoms with E-state index in [1.54, 1.807) is 51.5 Å². The van der Waals surface area contributed by atoms with Crippen molar-refractivity contribution < 1.29 is 19.0 Å². The van der Waals surface area contributed by atoms with Gasteiger partial charge in [0.15, 0.2) is 11.9 Å². The number of hydrogen-bond acceptors (Lipinski definition) is 6. The number of methoxy groups -OCH3 is 2. The summed E-state index contributed by atoms with van der Waals surface area (Å²) in [5.41, 5.74) is 1.21. The van der Waals surface area contributed by atoms with E-state index in [1.807, 2.05) is 12.1 Å². The van der Waals surface area contributed by atoms with Crippen molar-refractivity contribution in [1.82, 2.24) is 9.97 Å². The van der Waals surface area contributed by atoms with E-state index in [9.17, 15) is 9.59 Å². The molecule has 7 nitrogen and oxygen atoms in total. The maximum atomic E-state index is 12.3. The standard InChI is InChI=1S/C21H22N2O5/c1-13(20-22-18-7-5-4-6-17(18)21(25)23-20)28-19(24)9-8-14-10-15(26-2)12-16(11-14)27-3/h4-7,10-13H,8-9H2,1-3H3,(H,22,23,25)/t13-/m1/s1. The largest absolute Gasteiger partial charge is 0.497 e. The normalized spacial score (nSPS) is 11.8. The fourth-order valence-electron chi connectivity index (χ4n) is 2.87. The Bertz CT molecular complexity index is 1020. The lowest BCUT2D eigenvalue weighted by molar-refractivity contribution is -0.148. The van der Waals surface area contributed by atoms with Gasteiger partial charge in [0, 0.05) is 12.5 Å². The van der Waals surface area contributed by atoms with Crippen molar-refractivity contribution in [3.05, 3.63) is 64.2 Å². The van der Waals surface area contributed by atoms with Crippen LogP contribution in [0.5, 0.6) is 11.5 Å². The average Bonchev–Trinajstić information content (AvgIpc) is 2.71. The van der Waals surface area contributed by atoms with E-state index in [1.165, 1.54) is 0 Å². The topological polar surface area (TPSA) is 90.5 Å². The minimum Gasteiger partial charge on any atom is -0.497 e. The zero-order chi connectivity index (χ0) is 20.1. The second-order valence-corrected chi connectivity index (χ2v) is 6.32. The summed E-state index contributed by atoms with van der Waals surface area (Å²) in [7, 11) is 3.15. The van der Waals surface area contributed by atoms with Crippen LogP contribution in [0.3, 0.4) is 0 Å². The fraction of sp³-hybridized carbons (Fsp3) is 0.286. The Morgan fingerprint density at radius 2 is 1.79 bits per heavy atom. The molecular formula is C21H22N2O5. The molecule has 1 atom stereocenters. The van der Waals surface area contributed by atoms with Crippen LogP contribution in [0.2, 0.25) is 0 Å². The Kier molecular flexibility index (Phi) is 5.93. The third-order valence-corrected chi connectivity index (χ3v) is 4.35. The number of esters is 1. The first-order valence-corrected chi connectivity index (χ1v) is 8.90. The predicted molar refractivity (Wildman–Crippen MR) is 105 cm³/mol. The molecular weight excluding hydrogens is 360 g/mol. The number of H-pyrrole nitrogens is 1. The van der Waals surface area contributed by atoms with E-state index in [-0.39, 0.29) is 17.9 Å². The van der Waals surface area contributed by atoms with Crippen LogP contribution < -0.4 is 15.0 Å². The van der Waals surface area contributed by atoms with Crippen LogP contribution in [-0.2, 0) is 16.0 Å². The predicted octanol–water partition coefficient (Wildman–Crippen LogP) is 3.18. The van der Waals surface area contributed by atoms with Crippen molar-refractivity contribution in [2.24, 2.45) is 0 Å². The van der Waals surface area contributed by atoms with E-state index in [0.29, 0.717) is 34.6 Å². The molecule has 1 aromatic heterocycles. The number of carbonyl (C=O) groups excluding carboxylic acids is 1. The first-order chi connectivity index (χ1) is 13.5. The number of ether oxygens (including phenoxy) is 3. The van der Waals surface area contributed by atoms with Gasteiger partial charge in [-0.25, -0.2) is 4.98 Å². The lowest BCUT2D eigenvalue weighted by atomic mass is 10.1. The van der Waals surface area contributed by atoms with E-state index in [2.05, 4.69) is 9.97 Å². The van der Waals surface area contributed by atoms with Gasteiger partial charge in [0.25, 0.3) is 5.56 Å². The first-order valence-electron chi connectivity index (χ1n) is 8.90. The number of rotatable bonds is 7. The number of fused-ring (bicyclic) bond motifs is 1. The summed E-state index contributed by atoms with van der Waals surface area (Å²) in [6, 6.07) is 12.5. The van der Waals surface area contributed by atoms with Crippen molar-refractivity contribution in [3.8, 4) is 11.5 Å². The second-order valence-electron chi connectivity index (χ2n) is 6.32. The van der Waals surface area contributed by atoms with Gasteiger partial charge in [-0.05, 0) is 43.2 Å². The Hall–Kier alpha value is -3.35. The van der Waals surface area contributed by atoms with E-state index in [4.69, 9.17) is 14.2 Å². The number of carbonyl (C=O) groups is 1. The van der Waals surface area contributed by atoms with Crippen LogP contribution >= 0.6 is 0 Å². The Morgan fingerprint density at radius 3 is 2.46 bits per heavy atom. The Morgan fingerprint density at radius 1 is 1.11 bits per heavy atom. The molecule has 0 aliphatic carbocycles. The maximum Gasteiger partial charge on any atom is 0.306 e. The molecule has 0 aliphatic rings. The quantitative estimate of drug-likeness (QED) is 0.631. The molecule has 0 spiro atoms. The molecule has 0 unspecified atom stereocenters. The van der Waals surface area contributed by atoms with Crippen LogP contribution in [-0.4, -0.2) is 30.2 Å². The SMILES string of the molecule is COc1cc(CCC(=O)O[C@H](C)c2nc3ccccc3c(=O)[nH]2)cc(OC)c1. The van der Waals surface area contributed by atoms with Gasteiger partial charge in [-0.1, -0.05) is 12.1 Å². The number of aromatic nitrogens is 2. The van der Waals surface area contributed by atoms with E-state index < -0.39 is 6.10 Å².